The van der Waals surface area contributed by atoms with E-state index >= 15 is 0 Å². The first-order chi connectivity index (χ1) is 10.0. The molecule has 0 bridgehead atoms. The van der Waals surface area contributed by atoms with Crippen LogP contribution in [0.25, 0.3) is 6.08 Å². The summed E-state index contributed by atoms with van der Waals surface area (Å²) in [5.74, 6) is -0.206. The van der Waals surface area contributed by atoms with Crippen molar-refractivity contribution in [2.75, 3.05) is 19.8 Å². The quantitative estimate of drug-likeness (QED) is 0.242. The summed E-state index contributed by atoms with van der Waals surface area (Å²) in [6.07, 6.45) is 1.43. The van der Waals surface area contributed by atoms with Crippen LogP contribution < -0.4 is 4.74 Å². The molecule has 0 atom stereocenters. The number of carbonyl (C=O) groups excluding carboxylic acids is 1. The molecule has 0 spiro atoms. The van der Waals surface area contributed by atoms with Crippen molar-refractivity contribution in [2.24, 2.45) is 0 Å². The van der Waals surface area contributed by atoms with E-state index in [4.69, 9.17) is 9.47 Å². The molecule has 114 valence electrons. The van der Waals surface area contributed by atoms with Gasteiger partial charge in [-0.3, -0.25) is 4.79 Å². The third-order valence-corrected chi connectivity index (χ3v) is 2.31. The molecule has 1 aromatic carbocycles. The minimum Gasteiger partial charge on any atom is -0.508 e. The maximum Gasteiger partial charge on any atom is 0.313 e. The second-order valence-corrected chi connectivity index (χ2v) is 3.82. The van der Waals surface area contributed by atoms with Gasteiger partial charge in [-0.05, 0) is 18.2 Å². The number of esters is 1. The number of ether oxygens (including phenoxy) is 2. The molecular weight excluding hydrogens is 282 g/mol. The van der Waals surface area contributed by atoms with Crippen LogP contribution in [0.2, 0.25) is 0 Å². The van der Waals surface area contributed by atoms with Gasteiger partial charge >= 0.3 is 5.97 Å². The van der Waals surface area contributed by atoms with E-state index in [1.54, 1.807) is 0 Å². The molecule has 8 heteroatoms. The highest BCUT2D eigenvalue weighted by atomic mass is 17.0. The number of hydrogen-bond acceptors (Lipinski definition) is 7. The molecule has 0 aliphatic heterocycles. The summed E-state index contributed by atoms with van der Waals surface area (Å²) >= 11 is 0. The lowest BCUT2D eigenvalue weighted by Gasteiger charge is -2.08. The van der Waals surface area contributed by atoms with E-state index in [0.717, 1.165) is 0 Å². The van der Waals surface area contributed by atoms with Gasteiger partial charge in [0.05, 0.1) is 19.6 Å². The van der Waals surface area contributed by atoms with E-state index in [-0.39, 0.29) is 37.7 Å². The second kappa shape index (κ2) is 8.54. The molecule has 8 nitrogen and oxygen atoms in total. The standard InChI is InChI=1S/C13H15NO7/c1-2-10-9-11(15)3-4-12(10)21-13(16)5-6-19-7-8-20-14(17)18/h2-4,9,15H,1,5-8H2. The fraction of sp³-hybridized carbons (Fsp3) is 0.308. The third kappa shape index (κ3) is 6.39. The topological polar surface area (TPSA) is 108 Å². The Balaban J connectivity index is 2.31. The van der Waals surface area contributed by atoms with Gasteiger partial charge in [0.1, 0.15) is 18.1 Å². The highest BCUT2D eigenvalue weighted by Gasteiger charge is 2.08. The van der Waals surface area contributed by atoms with Crippen LogP contribution in [0.1, 0.15) is 12.0 Å². The number of phenolic OH excluding ortho intramolecular Hbond substituents is 1. The molecule has 0 radical (unpaired) electrons. The lowest BCUT2D eigenvalue weighted by molar-refractivity contribution is -0.758. The average molecular weight is 297 g/mol. The molecule has 0 heterocycles. The molecule has 0 aliphatic rings. The molecule has 0 fully saturated rings. The van der Waals surface area contributed by atoms with Crippen molar-refractivity contribution in [3.8, 4) is 11.5 Å². The van der Waals surface area contributed by atoms with E-state index < -0.39 is 11.1 Å². The van der Waals surface area contributed by atoms with Gasteiger partial charge < -0.3 is 19.4 Å². The summed E-state index contributed by atoms with van der Waals surface area (Å²) in [5.41, 5.74) is 0.489. The van der Waals surface area contributed by atoms with Gasteiger partial charge in [-0.25, -0.2) is 0 Å². The lowest BCUT2D eigenvalue weighted by Crippen LogP contribution is -2.14. The number of aromatic hydroxyl groups is 1. The molecule has 0 aromatic heterocycles. The molecule has 21 heavy (non-hydrogen) atoms. The second-order valence-electron chi connectivity index (χ2n) is 3.82. The summed E-state index contributed by atoms with van der Waals surface area (Å²) in [5, 5.41) is 18.2. The lowest BCUT2D eigenvalue weighted by atomic mass is 10.2. The normalized spacial score (nSPS) is 9.90. The van der Waals surface area contributed by atoms with Crippen LogP contribution in [0.5, 0.6) is 11.5 Å². The van der Waals surface area contributed by atoms with Gasteiger partial charge in [0, 0.05) is 5.56 Å². The Morgan fingerprint density at radius 3 is 2.81 bits per heavy atom. The van der Waals surface area contributed by atoms with Crippen molar-refractivity contribution < 1.29 is 29.3 Å². The molecule has 0 aliphatic carbocycles. The Hall–Kier alpha value is -2.61. The molecule has 1 rings (SSSR count). The number of hydrogen-bond donors (Lipinski definition) is 1. The van der Waals surface area contributed by atoms with E-state index in [1.807, 2.05) is 0 Å². The molecule has 0 saturated carbocycles. The van der Waals surface area contributed by atoms with Gasteiger partial charge in [-0.1, -0.05) is 12.7 Å². The minimum absolute atomic E-state index is 0.00533. The summed E-state index contributed by atoms with van der Waals surface area (Å²) in [4.78, 5) is 25.5. The minimum atomic E-state index is -0.917. The Kier molecular flexibility index (Phi) is 6.69. The summed E-state index contributed by atoms with van der Waals surface area (Å²) in [6.45, 7) is 3.42. The molecule has 0 amide bonds. The maximum atomic E-state index is 11.6. The number of benzene rings is 1. The van der Waals surface area contributed by atoms with Crippen LogP contribution in [0.4, 0.5) is 0 Å². The van der Waals surface area contributed by atoms with Crippen LogP contribution in [-0.4, -0.2) is 36.0 Å². The Morgan fingerprint density at radius 2 is 2.14 bits per heavy atom. The van der Waals surface area contributed by atoms with Crippen molar-refractivity contribution in [1.29, 1.82) is 0 Å². The van der Waals surface area contributed by atoms with Gasteiger partial charge in [-0.2, -0.15) is 0 Å². The Morgan fingerprint density at radius 1 is 1.38 bits per heavy atom. The van der Waals surface area contributed by atoms with Crippen LogP contribution in [0.15, 0.2) is 24.8 Å². The van der Waals surface area contributed by atoms with Gasteiger partial charge in [0.15, 0.2) is 0 Å². The summed E-state index contributed by atoms with van der Waals surface area (Å²) in [7, 11) is 0. The van der Waals surface area contributed by atoms with Crippen LogP contribution in [0, 0.1) is 10.1 Å². The van der Waals surface area contributed by atoms with Crippen molar-refractivity contribution in [2.45, 2.75) is 6.42 Å². The Bertz CT molecular complexity index is 515. The largest absolute Gasteiger partial charge is 0.508 e. The summed E-state index contributed by atoms with van der Waals surface area (Å²) < 4.78 is 10.1. The van der Waals surface area contributed by atoms with E-state index in [1.165, 1.54) is 24.3 Å². The fourth-order valence-corrected chi connectivity index (χ4v) is 1.39. The van der Waals surface area contributed by atoms with Crippen molar-refractivity contribution in [3.05, 3.63) is 40.5 Å². The zero-order chi connectivity index (χ0) is 15.7. The third-order valence-electron chi connectivity index (χ3n) is 2.31. The molecule has 1 N–H and O–H groups in total. The monoisotopic (exact) mass is 297 g/mol. The van der Waals surface area contributed by atoms with Crippen LogP contribution in [0.3, 0.4) is 0 Å². The predicted molar refractivity (Wildman–Crippen MR) is 72.2 cm³/mol. The van der Waals surface area contributed by atoms with E-state index in [2.05, 4.69) is 11.4 Å². The zero-order valence-electron chi connectivity index (χ0n) is 11.2. The SMILES string of the molecule is C=Cc1cc(O)ccc1OC(=O)CCOCCO[N+](=O)[O-]. The smallest absolute Gasteiger partial charge is 0.313 e. The average Bonchev–Trinajstić information content (AvgIpc) is 2.44. The number of rotatable bonds is 9. The highest BCUT2D eigenvalue weighted by Crippen LogP contribution is 2.24. The van der Waals surface area contributed by atoms with Crippen LogP contribution >= 0.6 is 0 Å². The van der Waals surface area contributed by atoms with E-state index in [9.17, 15) is 20.0 Å². The van der Waals surface area contributed by atoms with Gasteiger partial charge in [0.2, 0.25) is 0 Å². The predicted octanol–water partition coefficient (Wildman–Crippen LogP) is 1.56. The zero-order valence-corrected chi connectivity index (χ0v) is 11.2. The first-order valence-electron chi connectivity index (χ1n) is 6.04. The van der Waals surface area contributed by atoms with Crippen molar-refractivity contribution in [3.63, 3.8) is 0 Å². The number of carbonyl (C=O) groups is 1. The Labute approximate surface area is 120 Å². The first kappa shape index (κ1) is 16.4. The maximum absolute atomic E-state index is 11.6. The van der Waals surface area contributed by atoms with Crippen LogP contribution in [-0.2, 0) is 14.4 Å². The fourth-order valence-electron chi connectivity index (χ4n) is 1.39. The molecule has 1 aromatic rings. The van der Waals surface area contributed by atoms with Gasteiger partial charge in [0.25, 0.3) is 5.09 Å². The molecule has 0 saturated heterocycles. The highest BCUT2D eigenvalue weighted by molar-refractivity contribution is 5.74. The van der Waals surface area contributed by atoms with E-state index in [0.29, 0.717) is 5.56 Å². The van der Waals surface area contributed by atoms with Gasteiger partial charge in [-0.15, -0.1) is 10.1 Å². The number of nitrogens with zero attached hydrogens (tertiary/aromatic N) is 1. The number of phenols is 1. The molecule has 0 unspecified atom stereocenters. The molecular formula is C13H15NO7. The van der Waals surface area contributed by atoms with Crippen molar-refractivity contribution >= 4 is 12.0 Å². The van der Waals surface area contributed by atoms with Crippen molar-refractivity contribution in [1.82, 2.24) is 0 Å². The summed E-state index contributed by atoms with van der Waals surface area (Å²) in [6, 6.07) is 4.26. The first-order valence-corrected chi connectivity index (χ1v) is 6.04.